The summed E-state index contributed by atoms with van der Waals surface area (Å²) >= 11 is 0. The average molecular weight is 275 g/mol. The summed E-state index contributed by atoms with van der Waals surface area (Å²) in [6.07, 6.45) is 0.214. The molecule has 0 radical (unpaired) electrons. The molecule has 3 rings (SSSR count). The quantitative estimate of drug-likeness (QED) is 0.756. The Morgan fingerprint density at radius 1 is 1.55 bits per heavy atom. The van der Waals surface area contributed by atoms with Gasteiger partial charge in [-0.1, -0.05) is 17.3 Å². The topological polar surface area (TPSA) is 113 Å². The molecule has 1 unspecified atom stereocenters. The number of carboxylic acid groups (broad SMARTS) is 1. The number of ether oxygens (including phenoxy) is 1. The highest BCUT2D eigenvalue weighted by Gasteiger charge is 2.20. The van der Waals surface area contributed by atoms with Gasteiger partial charge in [-0.2, -0.15) is 5.21 Å². The Labute approximate surface area is 114 Å². The second-order valence-corrected chi connectivity index (χ2v) is 4.52. The fourth-order valence-electron chi connectivity index (χ4n) is 2.28. The summed E-state index contributed by atoms with van der Waals surface area (Å²) in [6.45, 7) is 0.695. The van der Waals surface area contributed by atoms with E-state index in [1.54, 1.807) is 0 Å². The second kappa shape index (κ2) is 5.16. The van der Waals surface area contributed by atoms with Crippen LogP contribution in [0.1, 0.15) is 23.0 Å². The molecular formula is C12H13N5O3. The van der Waals surface area contributed by atoms with E-state index in [1.165, 1.54) is 0 Å². The van der Waals surface area contributed by atoms with Crippen LogP contribution in [-0.2, 0) is 12.8 Å². The van der Waals surface area contributed by atoms with Crippen LogP contribution in [-0.4, -0.2) is 38.4 Å². The van der Waals surface area contributed by atoms with Crippen LogP contribution in [0.2, 0.25) is 0 Å². The predicted octanol–water partition coefficient (Wildman–Crippen LogP) is 0.686. The summed E-state index contributed by atoms with van der Waals surface area (Å²) in [7, 11) is 0. The van der Waals surface area contributed by atoms with E-state index in [2.05, 4.69) is 25.9 Å². The molecule has 104 valence electrons. The molecule has 1 amide bonds. The number of nitrogens with one attached hydrogen (secondary N) is 2. The highest BCUT2D eigenvalue weighted by molar-refractivity contribution is 5.65. The van der Waals surface area contributed by atoms with E-state index in [-0.39, 0.29) is 0 Å². The number of aromatic amines is 1. The first-order chi connectivity index (χ1) is 9.72. The number of H-pyrrole nitrogens is 1. The standard InChI is InChI=1S/C12H13N5O3/c18-12(19)13-9(11-14-16-17-15-11)6-7-1-2-10-8(5-7)3-4-20-10/h1-2,5,9,13H,3-4,6H2,(H,18,19)(H,14,15,16,17). The van der Waals surface area contributed by atoms with Crippen LogP contribution >= 0.6 is 0 Å². The van der Waals surface area contributed by atoms with Crippen molar-refractivity contribution in [2.24, 2.45) is 0 Å². The van der Waals surface area contributed by atoms with Gasteiger partial charge in [0.25, 0.3) is 0 Å². The number of carbonyl (C=O) groups is 1. The molecule has 1 aliphatic rings. The van der Waals surface area contributed by atoms with Crippen molar-refractivity contribution in [1.29, 1.82) is 0 Å². The van der Waals surface area contributed by atoms with Crippen molar-refractivity contribution in [3.05, 3.63) is 35.2 Å². The lowest BCUT2D eigenvalue weighted by Crippen LogP contribution is -2.29. The molecule has 0 fully saturated rings. The second-order valence-electron chi connectivity index (χ2n) is 4.52. The Hall–Kier alpha value is -2.64. The van der Waals surface area contributed by atoms with E-state index in [4.69, 9.17) is 9.84 Å². The van der Waals surface area contributed by atoms with Crippen molar-refractivity contribution in [3.8, 4) is 5.75 Å². The zero-order chi connectivity index (χ0) is 13.9. The highest BCUT2D eigenvalue weighted by atomic mass is 16.5. The van der Waals surface area contributed by atoms with Crippen LogP contribution in [0.4, 0.5) is 4.79 Å². The van der Waals surface area contributed by atoms with Crippen LogP contribution in [0.5, 0.6) is 5.75 Å². The minimum atomic E-state index is -1.12. The monoisotopic (exact) mass is 275 g/mol. The van der Waals surface area contributed by atoms with Crippen molar-refractivity contribution in [2.45, 2.75) is 18.9 Å². The molecule has 1 aromatic carbocycles. The van der Waals surface area contributed by atoms with E-state index >= 15 is 0 Å². The SMILES string of the molecule is O=C(O)NC(Cc1ccc2c(c1)CCO2)c1nn[nH]n1. The Bertz CT molecular complexity index is 614. The first kappa shape index (κ1) is 12.4. The minimum Gasteiger partial charge on any atom is -0.493 e. The van der Waals surface area contributed by atoms with Gasteiger partial charge in [0.15, 0.2) is 5.82 Å². The highest BCUT2D eigenvalue weighted by Crippen LogP contribution is 2.27. The molecule has 1 atom stereocenters. The van der Waals surface area contributed by atoms with Crippen molar-refractivity contribution in [1.82, 2.24) is 25.9 Å². The summed E-state index contributed by atoms with van der Waals surface area (Å²) in [6, 6.07) is 5.32. The molecule has 20 heavy (non-hydrogen) atoms. The molecule has 8 heteroatoms. The van der Waals surface area contributed by atoms with Gasteiger partial charge in [0.1, 0.15) is 11.8 Å². The number of tetrazole rings is 1. The summed E-state index contributed by atoms with van der Waals surface area (Å²) in [4.78, 5) is 10.9. The Balaban J connectivity index is 1.81. The van der Waals surface area contributed by atoms with E-state index in [9.17, 15) is 4.79 Å². The number of aromatic nitrogens is 4. The van der Waals surface area contributed by atoms with Crippen LogP contribution in [0.3, 0.4) is 0 Å². The van der Waals surface area contributed by atoms with Gasteiger partial charge in [0, 0.05) is 12.8 Å². The molecule has 8 nitrogen and oxygen atoms in total. The molecular weight excluding hydrogens is 262 g/mol. The normalized spacial score (nSPS) is 14.4. The van der Waals surface area contributed by atoms with Crippen molar-refractivity contribution < 1.29 is 14.6 Å². The molecule has 0 saturated heterocycles. The molecule has 2 aromatic rings. The van der Waals surface area contributed by atoms with Gasteiger partial charge in [0.05, 0.1) is 6.61 Å². The smallest absolute Gasteiger partial charge is 0.405 e. The van der Waals surface area contributed by atoms with Gasteiger partial charge in [-0.3, -0.25) is 0 Å². The van der Waals surface area contributed by atoms with Gasteiger partial charge in [-0.25, -0.2) is 4.79 Å². The lowest BCUT2D eigenvalue weighted by molar-refractivity contribution is 0.189. The lowest BCUT2D eigenvalue weighted by Gasteiger charge is -2.13. The third-order valence-electron chi connectivity index (χ3n) is 3.16. The first-order valence-electron chi connectivity index (χ1n) is 6.20. The van der Waals surface area contributed by atoms with Crippen LogP contribution in [0.15, 0.2) is 18.2 Å². The third-order valence-corrected chi connectivity index (χ3v) is 3.16. The average Bonchev–Trinajstić information content (AvgIpc) is 3.08. The van der Waals surface area contributed by atoms with Crippen LogP contribution in [0.25, 0.3) is 0 Å². The van der Waals surface area contributed by atoms with E-state index in [0.717, 1.165) is 23.3 Å². The number of benzene rings is 1. The molecule has 3 N–H and O–H groups in total. The van der Waals surface area contributed by atoms with Gasteiger partial charge >= 0.3 is 6.09 Å². The van der Waals surface area contributed by atoms with Gasteiger partial charge in [-0.15, -0.1) is 10.2 Å². The molecule has 0 bridgehead atoms. The molecule has 2 heterocycles. The van der Waals surface area contributed by atoms with E-state index < -0.39 is 12.1 Å². The summed E-state index contributed by atoms with van der Waals surface area (Å²) in [5, 5.41) is 24.8. The van der Waals surface area contributed by atoms with Gasteiger partial charge < -0.3 is 15.2 Å². The molecule has 0 aliphatic carbocycles. The molecule has 0 saturated carbocycles. The third kappa shape index (κ3) is 2.53. The summed E-state index contributed by atoms with van der Waals surface area (Å²) in [5.74, 6) is 1.22. The van der Waals surface area contributed by atoms with Gasteiger partial charge in [-0.05, 0) is 17.2 Å². The lowest BCUT2D eigenvalue weighted by atomic mass is 10.0. The van der Waals surface area contributed by atoms with E-state index in [0.29, 0.717) is 18.9 Å². The minimum absolute atomic E-state index is 0.323. The largest absolute Gasteiger partial charge is 0.493 e. The van der Waals surface area contributed by atoms with Crippen LogP contribution < -0.4 is 10.1 Å². The van der Waals surface area contributed by atoms with Crippen molar-refractivity contribution in [3.63, 3.8) is 0 Å². The van der Waals surface area contributed by atoms with Gasteiger partial charge in [0.2, 0.25) is 0 Å². The fraction of sp³-hybridized carbons (Fsp3) is 0.333. The van der Waals surface area contributed by atoms with Crippen molar-refractivity contribution >= 4 is 6.09 Å². The summed E-state index contributed by atoms with van der Waals surface area (Å²) in [5.41, 5.74) is 2.14. The number of amides is 1. The molecule has 1 aromatic heterocycles. The first-order valence-corrected chi connectivity index (χ1v) is 6.20. The zero-order valence-corrected chi connectivity index (χ0v) is 10.5. The van der Waals surface area contributed by atoms with Crippen LogP contribution in [0, 0.1) is 0 Å². The fourth-order valence-corrected chi connectivity index (χ4v) is 2.28. The number of hydrogen-bond donors (Lipinski definition) is 3. The maximum Gasteiger partial charge on any atom is 0.405 e. The number of nitrogens with zero attached hydrogens (tertiary/aromatic N) is 3. The number of rotatable bonds is 4. The van der Waals surface area contributed by atoms with E-state index in [1.807, 2.05) is 18.2 Å². The molecule has 1 aliphatic heterocycles. The predicted molar refractivity (Wildman–Crippen MR) is 67.4 cm³/mol. The molecule has 0 spiro atoms. The maximum absolute atomic E-state index is 10.9. The number of fused-ring (bicyclic) bond motifs is 1. The summed E-state index contributed by atoms with van der Waals surface area (Å²) < 4.78 is 5.45. The zero-order valence-electron chi connectivity index (χ0n) is 10.5. The Morgan fingerprint density at radius 3 is 3.20 bits per heavy atom. The Morgan fingerprint density at radius 2 is 2.45 bits per heavy atom. The Kier molecular flexibility index (Phi) is 3.20. The maximum atomic E-state index is 10.9. The number of hydrogen-bond acceptors (Lipinski definition) is 5. The van der Waals surface area contributed by atoms with Crippen molar-refractivity contribution in [2.75, 3.05) is 6.61 Å².